The number of carbonyl (C=O) groups is 1. The molecule has 3 aliphatic rings. The van der Waals surface area contributed by atoms with Crippen molar-refractivity contribution in [3.8, 4) is 6.07 Å². The zero-order valence-corrected chi connectivity index (χ0v) is 15.5. The van der Waals surface area contributed by atoms with Crippen molar-refractivity contribution >= 4 is 15.9 Å². The van der Waals surface area contributed by atoms with Gasteiger partial charge in [-0.25, -0.2) is 8.42 Å². The molecule has 1 unspecified atom stereocenters. The number of amides is 1. The van der Waals surface area contributed by atoms with Gasteiger partial charge in [-0.2, -0.15) is 9.57 Å². The Morgan fingerprint density at radius 1 is 1.15 bits per heavy atom. The van der Waals surface area contributed by atoms with E-state index in [0.717, 1.165) is 32.1 Å². The van der Waals surface area contributed by atoms with Crippen LogP contribution in [0.1, 0.15) is 44.1 Å². The minimum Gasteiger partial charge on any atom is -0.339 e. The molecule has 1 aromatic carbocycles. The van der Waals surface area contributed by atoms with Crippen LogP contribution in [0.25, 0.3) is 0 Å². The molecule has 1 atom stereocenters. The van der Waals surface area contributed by atoms with Crippen molar-refractivity contribution in [2.24, 2.45) is 5.41 Å². The first-order chi connectivity index (χ1) is 12.5. The van der Waals surface area contributed by atoms with Crippen LogP contribution in [-0.2, 0) is 14.8 Å². The second-order valence-corrected chi connectivity index (χ2v) is 9.71. The number of rotatable bonds is 3. The summed E-state index contributed by atoms with van der Waals surface area (Å²) in [6, 6.07) is 8.74. The lowest BCUT2D eigenvalue weighted by molar-refractivity contribution is -0.139. The highest BCUT2D eigenvalue weighted by atomic mass is 32.2. The van der Waals surface area contributed by atoms with Gasteiger partial charge in [-0.3, -0.25) is 4.79 Å². The van der Waals surface area contributed by atoms with Crippen LogP contribution < -0.4 is 0 Å². The van der Waals surface area contributed by atoms with Crippen LogP contribution in [-0.4, -0.2) is 49.2 Å². The molecule has 0 radical (unpaired) electrons. The van der Waals surface area contributed by atoms with E-state index in [-0.39, 0.29) is 21.8 Å². The number of hydrogen-bond acceptors (Lipinski definition) is 4. The molecule has 3 fully saturated rings. The minimum absolute atomic E-state index is 0.0884. The van der Waals surface area contributed by atoms with E-state index in [4.69, 9.17) is 0 Å². The van der Waals surface area contributed by atoms with Crippen molar-refractivity contribution in [3.05, 3.63) is 29.8 Å². The Kier molecular flexibility index (Phi) is 4.28. The van der Waals surface area contributed by atoms with E-state index in [2.05, 4.69) is 0 Å². The van der Waals surface area contributed by atoms with Gasteiger partial charge >= 0.3 is 0 Å². The smallest absolute Gasteiger partial charge is 0.244 e. The second kappa shape index (κ2) is 6.36. The summed E-state index contributed by atoms with van der Waals surface area (Å²) in [6.07, 6.45) is 5.15. The number of piperidine rings is 2. The van der Waals surface area contributed by atoms with Crippen molar-refractivity contribution in [3.63, 3.8) is 0 Å². The number of likely N-dealkylation sites (tertiary alicyclic amines) is 1. The predicted molar refractivity (Wildman–Crippen MR) is 95.6 cm³/mol. The molecule has 1 amide bonds. The molecule has 1 saturated carbocycles. The Bertz CT molecular complexity index is 872. The van der Waals surface area contributed by atoms with Gasteiger partial charge in [0.15, 0.2) is 0 Å². The fourth-order valence-electron chi connectivity index (χ4n) is 4.39. The largest absolute Gasteiger partial charge is 0.339 e. The molecule has 2 saturated heterocycles. The minimum atomic E-state index is -3.71. The summed E-state index contributed by atoms with van der Waals surface area (Å²) in [6.45, 7) is 1.58. The molecule has 2 aliphatic heterocycles. The summed E-state index contributed by atoms with van der Waals surface area (Å²) < 4.78 is 27.9. The Balaban J connectivity index is 1.60. The molecule has 0 N–H and O–H groups in total. The number of benzene rings is 1. The van der Waals surface area contributed by atoms with Crippen LogP contribution in [0.5, 0.6) is 0 Å². The van der Waals surface area contributed by atoms with Crippen molar-refractivity contribution in [2.75, 3.05) is 19.6 Å². The van der Waals surface area contributed by atoms with Crippen LogP contribution in [0.3, 0.4) is 0 Å². The number of sulfonamides is 1. The lowest BCUT2D eigenvalue weighted by Gasteiger charge is -2.48. The molecule has 2 heterocycles. The molecule has 1 spiro atoms. The maximum atomic E-state index is 13.2. The molecular formula is C19H23N3O3S. The first-order valence-corrected chi connectivity index (χ1v) is 10.7. The first kappa shape index (κ1) is 17.5. The van der Waals surface area contributed by atoms with E-state index < -0.39 is 10.0 Å². The van der Waals surface area contributed by atoms with Gasteiger partial charge in [0.05, 0.1) is 10.5 Å². The van der Waals surface area contributed by atoms with Crippen molar-refractivity contribution in [1.29, 1.82) is 5.26 Å². The Labute approximate surface area is 154 Å². The molecule has 6 nitrogen and oxygen atoms in total. The normalized spacial score (nSPS) is 27.5. The van der Waals surface area contributed by atoms with Crippen molar-refractivity contribution < 1.29 is 13.2 Å². The van der Waals surface area contributed by atoms with Gasteiger partial charge in [0.25, 0.3) is 0 Å². The predicted octanol–water partition coefficient (Wildman–Crippen LogP) is 2.11. The lowest BCUT2D eigenvalue weighted by atomic mass is 9.74. The topological polar surface area (TPSA) is 81.5 Å². The van der Waals surface area contributed by atoms with Crippen LogP contribution in [0.2, 0.25) is 0 Å². The quantitative estimate of drug-likeness (QED) is 0.813. The number of carbonyl (C=O) groups excluding carboxylic acids is 1. The first-order valence-electron chi connectivity index (χ1n) is 9.24. The van der Waals surface area contributed by atoms with Gasteiger partial charge in [0.1, 0.15) is 6.07 Å². The van der Waals surface area contributed by atoms with Gasteiger partial charge < -0.3 is 4.90 Å². The van der Waals surface area contributed by atoms with E-state index in [9.17, 15) is 18.5 Å². The van der Waals surface area contributed by atoms with Gasteiger partial charge in [-0.1, -0.05) is 12.1 Å². The number of nitriles is 1. The standard InChI is InChI=1S/C19H23N3O3S/c20-12-15-4-1-2-5-17(15)26(24,25)21-11-3-9-19(13-21)10-8-18(23)22(14-19)16-6-7-16/h1-2,4-5,16H,3,6-11,13-14H2. The summed E-state index contributed by atoms with van der Waals surface area (Å²) in [4.78, 5) is 14.3. The molecule has 1 aromatic rings. The third-order valence-electron chi connectivity index (χ3n) is 5.93. The number of hydrogen-bond donors (Lipinski definition) is 0. The monoisotopic (exact) mass is 373 g/mol. The highest BCUT2D eigenvalue weighted by Crippen LogP contribution is 2.43. The zero-order valence-electron chi connectivity index (χ0n) is 14.7. The molecule has 1 aliphatic carbocycles. The maximum Gasteiger partial charge on any atom is 0.244 e. The summed E-state index contributed by atoms with van der Waals surface area (Å²) in [7, 11) is -3.71. The van der Waals surface area contributed by atoms with E-state index >= 15 is 0 Å². The third-order valence-corrected chi connectivity index (χ3v) is 7.84. The van der Waals surface area contributed by atoms with Crippen LogP contribution in [0.15, 0.2) is 29.2 Å². The van der Waals surface area contributed by atoms with Gasteiger partial charge in [-0.15, -0.1) is 0 Å². The van der Waals surface area contributed by atoms with Crippen LogP contribution >= 0.6 is 0 Å². The summed E-state index contributed by atoms with van der Waals surface area (Å²) in [5.41, 5.74) is 0.0363. The Morgan fingerprint density at radius 2 is 1.92 bits per heavy atom. The summed E-state index contributed by atoms with van der Waals surface area (Å²) in [5, 5.41) is 9.28. The fourth-order valence-corrected chi connectivity index (χ4v) is 6.12. The zero-order chi connectivity index (χ0) is 18.4. The lowest BCUT2D eigenvalue weighted by Crippen LogP contribution is -2.55. The van der Waals surface area contributed by atoms with E-state index in [1.165, 1.54) is 10.4 Å². The van der Waals surface area contributed by atoms with Gasteiger partial charge in [0.2, 0.25) is 15.9 Å². The summed E-state index contributed by atoms with van der Waals surface area (Å²) in [5.74, 6) is 0.216. The average Bonchev–Trinajstić information content (AvgIpc) is 3.49. The second-order valence-electron chi connectivity index (χ2n) is 7.80. The highest BCUT2D eigenvalue weighted by molar-refractivity contribution is 7.89. The van der Waals surface area contributed by atoms with Gasteiger partial charge in [-0.05, 0) is 44.2 Å². The Hall–Kier alpha value is -1.91. The van der Waals surface area contributed by atoms with E-state index in [1.807, 2.05) is 11.0 Å². The number of nitrogens with zero attached hydrogens (tertiary/aromatic N) is 3. The molecule has 138 valence electrons. The third kappa shape index (κ3) is 3.01. The fraction of sp³-hybridized carbons (Fsp3) is 0.579. The van der Waals surface area contributed by atoms with E-state index in [1.54, 1.807) is 18.2 Å². The Morgan fingerprint density at radius 3 is 2.65 bits per heavy atom. The molecule has 26 heavy (non-hydrogen) atoms. The van der Waals surface area contributed by atoms with Crippen molar-refractivity contribution in [1.82, 2.24) is 9.21 Å². The highest BCUT2D eigenvalue weighted by Gasteiger charge is 2.47. The van der Waals surface area contributed by atoms with Gasteiger partial charge in [0, 0.05) is 37.5 Å². The van der Waals surface area contributed by atoms with E-state index in [0.29, 0.717) is 32.1 Å². The molecule has 7 heteroatoms. The maximum absolute atomic E-state index is 13.2. The molecule has 0 aromatic heterocycles. The molecular weight excluding hydrogens is 350 g/mol. The SMILES string of the molecule is N#Cc1ccccc1S(=O)(=O)N1CCCC2(CCC(=O)N(C3CC3)C2)C1. The molecule has 0 bridgehead atoms. The average molecular weight is 373 g/mol. The molecule has 4 rings (SSSR count). The summed E-state index contributed by atoms with van der Waals surface area (Å²) >= 11 is 0. The van der Waals surface area contributed by atoms with Crippen molar-refractivity contribution in [2.45, 2.75) is 49.5 Å². The van der Waals surface area contributed by atoms with Crippen LogP contribution in [0.4, 0.5) is 0 Å². The van der Waals surface area contributed by atoms with Crippen LogP contribution in [0, 0.1) is 16.7 Å².